The Labute approximate surface area is 126 Å². The van der Waals surface area contributed by atoms with Gasteiger partial charge in [0.15, 0.2) is 0 Å². The zero-order chi connectivity index (χ0) is 14.7. The van der Waals surface area contributed by atoms with Crippen LogP contribution in [0.2, 0.25) is 0 Å². The van der Waals surface area contributed by atoms with Gasteiger partial charge in [-0.3, -0.25) is 9.69 Å². The Bertz CT molecular complexity index is 588. The molecule has 1 aliphatic rings. The lowest BCUT2D eigenvalue weighted by Gasteiger charge is -2.33. The third-order valence-electron chi connectivity index (χ3n) is 3.57. The second-order valence-electron chi connectivity index (χ2n) is 4.91. The predicted octanol–water partition coefficient (Wildman–Crippen LogP) is 1.15. The van der Waals surface area contributed by atoms with Gasteiger partial charge >= 0.3 is 0 Å². The summed E-state index contributed by atoms with van der Waals surface area (Å²) in [4.78, 5) is 20.8. The average molecular weight is 307 g/mol. The van der Waals surface area contributed by atoms with Crippen molar-refractivity contribution < 1.29 is 14.3 Å². The molecule has 1 fully saturated rings. The first-order chi connectivity index (χ1) is 10.3. The van der Waals surface area contributed by atoms with E-state index in [9.17, 15) is 4.79 Å². The molecule has 6 nitrogen and oxygen atoms in total. The van der Waals surface area contributed by atoms with Crippen molar-refractivity contribution in [3.05, 3.63) is 29.7 Å². The summed E-state index contributed by atoms with van der Waals surface area (Å²) < 4.78 is 5.04. The van der Waals surface area contributed by atoms with Crippen molar-refractivity contribution in [1.82, 2.24) is 14.8 Å². The number of thiazole rings is 1. The lowest BCUT2D eigenvalue weighted by atomic mass is 10.3. The second-order valence-corrected chi connectivity index (χ2v) is 5.77. The molecule has 0 bridgehead atoms. The minimum atomic E-state index is -0.0235. The summed E-state index contributed by atoms with van der Waals surface area (Å²) in [6, 6.07) is 1.83. The molecule has 2 aromatic heterocycles. The Morgan fingerprint density at radius 2 is 2.19 bits per heavy atom. The Morgan fingerprint density at radius 3 is 2.86 bits per heavy atom. The molecule has 3 heterocycles. The minimum absolute atomic E-state index is 0.0235. The summed E-state index contributed by atoms with van der Waals surface area (Å²) in [7, 11) is 0. The molecule has 0 atom stereocenters. The molecular formula is C14H17N3O3S. The van der Waals surface area contributed by atoms with Crippen LogP contribution in [0, 0.1) is 0 Å². The highest BCUT2D eigenvalue weighted by Gasteiger charge is 2.23. The number of carbonyl (C=O) groups is 1. The Hall–Kier alpha value is -1.70. The van der Waals surface area contributed by atoms with Crippen molar-refractivity contribution in [2.24, 2.45) is 0 Å². The van der Waals surface area contributed by atoms with Crippen LogP contribution in [0.4, 0.5) is 0 Å². The van der Waals surface area contributed by atoms with Crippen LogP contribution in [0.15, 0.2) is 28.4 Å². The maximum Gasteiger partial charge on any atom is 0.273 e. The minimum Gasteiger partial charge on any atom is -0.472 e. The van der Waals surface area contributed by atoms with Crippen molar-refractivity contribution >= 4 is 17.2 Å². The zero-order valence-corrected chi connectivity index (χ0v) is 12.4. The van der Waals surface area contributed by atoms with E-state index in [0.29, 0.717) is 25.3 Å². The van der Waals surface area contributed by atoms with Gasteiger partial charge in [-0.15, -0.1) is 11.3 Å². The number of aliphatic hydroxyl groups excluding tert-OH is 1. The fraction of sp³-hybridized carbons (Fsp3) is 0.429. The molecule has 1 aliphatic heterocycles. The van der Waals surface area contributed by atoms with Gasteiger partial charge in [-0.25, -0.2) is 4.98 Å². The summed E-state index contributed by atoms with van der Waals surface area (Å²) in [6.07, 6.45) is 3.22. The number of nitrogens with zero attached hydrogens (tertiary/aromatic N) is 3. The summed E-state index contributed by atoms with van der Waals surface area (Å²) in [5, 5.41) is 11.5. The zero-order valence-electron chi connectivity index (χ0n) is 11.6. The van der Waals surface area contributed by atoms with E-state index in [1.54, 1.807) is 17.9 Å². The lowest BCUT2D eigenvalue weighted by Crippen LogP contribution is -2.49. The summed E-state index contributed by atoms with van der Waals surface area (Å²) >= 11 is 1.45. The molecule has 21 heavy (non-hydrogen) atoms. The number of hydrogen-bond donors (Lipinski definition) is 1. The third kappa shape index (κ3) is 3.15. The van der Waals surface area contributed by atoms with Crippen molar-refractivity contribution in [3.63, 3.8) is 0 Å². The first-order valence-corrected chi connectivity index (χ1v) is 7.76. The van der Waals surface area contributed by atoms with E-state index in [0.717, 1.165) is 23.7 Å². The van der Waals surface area contributed by atoms with E-state index in [1.807, 2.05) is 11.0 Å². The van der Waals surface area contributed by atoms with Gasteiger partial charge in [0.05, 0.1) is 12.9 Å². The molecule has 7 heteroatoms. The molecule has 1 amide bonds. The molecular weight excluding hydrogens is 290 g/mol. The number of piperazine rings is 1. The van der Waals surface area contributed by atoms with E-state index >= 15 is 0 Å². The number of β-amino-alcohol motifs (C(OH)–C–C–N with tert-alkyl or cyclic N) is 1. The van der Waals surface area contributed by atoms with Crippen LogP contribution in [0.25, 0.3) is 10.6 Å². The molecule has 0 aromatic carbocycles. The van der Waals surface area contributed by atoms with Gasteiger partial charge in [0.1, 0.15) is 17.0 Å². The monoisotopic (exact) mass is 307 g/mol. The van der Waals surface area contributed by atoms with Gasteiger partial charge in [-0.2, -0.15) is 0 Å². The molecule has 0 saturated carbocycles. The molecule has 1 saturated heterocycles. The number of furan rings is 1. The summed E-state index contributed by atoms with van der Waals surface area (Å²) in [5.41, 5.74) is 1.39. The molecule has 112 valence electrons. The van der Waals surface area contributed by atoms with Crippen LogP contribution in [0.5, 0.6) is 0 Å². The lowest BCUT2D eigenvalue weighted by molar-refractivity contribution is 0.0610. The number of amides is 1. The van der Waals surface area contributed by atoms with Crippen LogP contribution < -0.4 is 0 Å². The Morgan fingerprint density at radius 1 is 1.38 bits per heavy atom. The SMILES string of the molecule is O=C(c1csc(-c2ccoc2)n1)N1CCN(CCO)CC1. The number of aliphatic hydroxyl groups is 1. The fourth-order valence-electron chi connectivity index (χ4n) is 2.37. The average Bonchev–Trinajstić information content (AvgIpc) is 3.19. The first kappa shape index (κ1) is 14.2. The van der Waals surface area contributed by atoms with Gasteiger partial charge in [0, 0.05) is 43.7 Å². The molecule has 0 spiro atoms. The fourth-order valence-corrected chi connectivity index (χ4v) is 3.15. The molecule has 2 aromatic rings. The number of aromatic nitrogens is 1. The number of hydrogen-bond acceptors (Lipinski definition) is 6. The van der Waals surface area contributed by atoms with Crippen LogP contribution in [-0.4, -0.2) is 65.1 Å². The smallest absolute Gasteiger partial charge is 0.273 e. The number of rotatable bonds is 4. The molecule has 0 unspecified atom stereocenters. The van der Waals surface area contributed by atoms with Crippen molar-refractivity contribution in [2.45, 2.75) is 0 Å². The van der Waals surface area contributed by atoms with Crippen LogP contribution in [0.1, 0.15) is 10.5 Å². The predicted molar refractivity (Wildman–Crippen MR) is 79.2 cm³/mol. The third-order valence-corrected chi connectivity index (χ3v) is 4.46. The standard InChI is InChI=1S/C14H17N3O3S/c18-7-6-16-2-4-17(5-3-16)14(19)12-10-21-13(15-12)11-1-8-20-9-11/h1,8-10,18H,2-7H2. The van der Waals surface area contributed by atoms with Crippen molar-refractivity contribution in [2.75, 3.05) is 39.3 Å². The van der Waals surface area contributed by atoms with Gasteiger partial charge in [-0.05, 0) is 6.07 Å². The highest BCUT2D eigenvalue weighted by atomic mass is 32.1. The maximum atomic E-state index is 12.4. The van der Waals surface area contributed by atoms with Gasteiger partial charge in [-0.1, -0.05) is 0 Å². The summed E-state index contributed by atoms with van der Waals surface area (Å²) in [6.45, 7) is 3.78. The highest BCUT2D eigenvalue weighted by molar-refractivity contribution is 7.13. The Balaban J connectivity index is 1.64. The number of carbonyl (C=O) groups excluding carboxylic acids is 1. The quantitative estimate of drug-likeness (QED) is 0.917. The molecule has 1 N–H and O–H groups in total. The molecule has 3 rings (SSSR count). The van der Waals surface area contributed by atoms with Crippen molar-refractivity contribution in [3.8, 4) is 10.6 Å². The van der Waals surface area contributed by atoms with Gasteiger partial charge in [0.25, 0.3) is 5.91 Å². The van der Waals surface area contributed by atoms with E-state index in [2.05, 4.69) is 9.88 Å². The molecule has 0 aliphatic carbocycles. The highest BCUT2D eigenvalue weighted by Crippen LogP contribution is 2.24. The van der Waals surface area contributed by atoms with Gasteiger partial charge in [0.2, 0.25) is 0 Å². The van der Waals surface area contributed by atoms with Crippen molar-refractivity contribution in [1.29, 1.82) is 0 Å². The van der Waals surface area contributed by atoms with Crippen LogP contribution in [0.3, 0.4) is 0 Å². The second kappa shape index (κ2) is 6.38. The van der Waals surface area contributed by atoms with E-state index in [4.69, 9.17) is 9.52 Å². The molecule has 0 radical (unpaired) electrons. The van der Waals surface area contributed by atoms with E-state index < -0.39 is 0 Å². The first-order valence-electron chi connectivity index (χ1n) is 6.88. The van der Waals surface area contributed by atoms with E-state index in [1.165, 1.54) is 11.3 Å². The van der Waals surface area contributed by atoms with E-state index in [-0.39, 0.29) is 12.5 Å². The Kier molecular flexibility index (Phi) is 4.33. The normalized spacial score (nSPS) is 16.3. The van der Waals surface area contributed by atoms with Crippen LogP contribution in [-0.2, 0) is 0 Å². The maximum absolute atomic E-state index is 12.4. The topological polar surface area (TPSA) is 69.8 Å². The van der Waals surface area contributed by atoms with Crippen LogP contribution >= 0.6 is 11.3 Å². The largest absolute Gasteiger partial charge is 0.472 e. The summed E-state index contributed by atoms with van der Waals surface area (Å²) in [5.74, 6) is -0.0235. The van der Waals surface area contributed by atoms with Gasteiger partial charge < -0.3 is 14.4 Å².